The van der Waals surface area contributed by atoms with E-state index in [2.05, 4.69) is 10.6 Å². The van der Waals surface area contributed by atoms with Crippen molar-refractivity contribution in [2.24, 2.45) is 11.8 Å². The predicted octanol–water partition coefficient (Wildman–Crippen LogP) is 3.73. The van der Waals surface area contributed by atoms with Gasteiger partial charge >= 0.3 is 0 Å². The zero-order valence-corrected chi connectivity index (χ0v) is 17.3. The highest BCUT2D eigenvalue weighted by atomic mass is 19.3. The van der Waals surface area contributed by atoms with Gasteiger partial charge in [-0.2, -0.15) is 0 Å². The standard InChI is InChI=1S/C24H24F2N2O3/c1-12-19(13-6-4-3-5-7-13)15-8-14(9-16(21(15)31-12)23(30)27-2)22(29)28-20-17-10-24(25,26)11-18(17)20/h3-9,12,17-20H,10-11H2,1-2H3,(H,27,30)(H,28,29)/t12?,17-,18+,19?,20+. The highest BCUT2D eigenvalue weighted by Gasteiger charge is 2.63. The van der Waals surface area contributed by atoms with E-state index in [0.717, 1.165) is 11.1 Å². The first-order valence-electron chi connectivity index (χ1n) is 10.6. The molecule has 5 rings (SSSR count). The number of carbonyl (C=O) groups is 2. The molecular weight excluding hydrogens is 402 g/mol. The van der Waals surface area contributed by atoms with Gasteiger partial charge in [0.1, 0.15) is 11.9 Å². The molecule has 0 spiro atoms. The van der Waals surface area contributed by atoms with Crippen LogP contribution in [0.1, 0.15) is 57.5 Å². The number of nitrogens with one attached hydrogen (secondary N) is 2. The fourth-order valence-electron chi connectivity index (χ4n) is 5.29. The van der Waals surface area contributed by atoms with Gasteiger partial charge in [0, 0.05) is 43.0 Å². The molecule has 7 heteroatoms. The number of benzene rings is 2. The first-order valence-corrected chi connectivity index (χ1v) is 10.6. The lowest BCUT2D eigenvalue weighted by atomic mass is 9.87. The molecule has 5 nitrogen and oxygen atoms in total. The third-order valence-corrected chi connectivity index (χ3v) is 6.82. The molecule has 2 aliphatic carbocycles. The Morgan fingerprint density at radius 2 is 1.74 bits per heavy atom. The molecule has 0 aromatic heterocycles. The van der Waals surface area contributed by atoms with E-state index in [9.17, 15) is 18.4 Å². The van der Waals surface area contributed by atoms with Crippen molar-refractivity contribution >= 4 is 11.8 Å². The van der Waals surface area contributed by atoms with Crippen LogP contribution in [-0.4, -0.2) is 36.9 Å². The maximum atomic E-state index is 13.5. The topological polar surface area (TPSA) is 67.4 Å². The number of rotatable bonds is 4. The number of ether oxygens (including phenoxy) is 1. The third-order valence-electron chi connectivity index (χ3n) is 6.82. The summed E-state index contributed by atoms with van der Waals surface area (Å²) in [7, 11) is 1.53. The summed E-state index contributed by atoms with van der Waals surface area (Å²) in [5, 5.41) is 5.51. The number of alkyl halides is 2. The van der Waals surface area contributed by atoms with Gasteiger partial charge in [-0.15, -0.1) is 0 Å². The molecule has 0 saturated heterocycles. The molecule has 5 atom stereocenters. The van der Waals surface area contributed by atoms with Crippen LogP contribution in [0, 0.1) is 11.8 Å². The second-order valence-electron chi connectivity index (χ2n) is 8.82. The second kappa shape index (κ2) is 7.04. The van der Waals surface area contributed by atoms with E-state index in [1.54, 1.807) is 6.07 Å². The van der Waals surface area contributed by atoms with Crippen molar-refractivity contribution in [1.29, 1.82) is 0 Å². The van der Waals surface area contributed by atoms with Crippen molar-refractivity contribution < 1.29 is 23.1 Å². The van der Waals surface area contributed by atoms with Crippen molar-refractivity contribution in [2.45, 2.75) is 43.8 Å². The molecule has 2 fully saturated rings. The van der Waals surface area contributed by atoms with Crippen LogP contribution >= 0.6 is 0 Å². The zero-order chi connectivity index (χ0) is 21.9. The Morgan fingerprint density at radius 1 is 1.06 bits per heavy atom. The number of halogens is 2. The van der Waals surface area contributed by atoms with Gasteiger partial charge in [-0.3, -0.25) is 9.59 Å². The molecule has 2 aromatic rings. The maximum absolute atomic E-state index is 13.5. The van der Waals surface area contributed by atoms with E-state index in [-0.39, 0.29) is 54.6 Å². The normalized spacial score (nSPS) is 29.5. The fourth-order valence-corrected chi connectivity index (χ4v) is 5.29. The summed E-state index contributed by atoms with van der Waals surface area (Å²) >= 11 is 0. The molecule has 1 aliphatic heterocycles. The van der Waals surface area contributed by atoms with Gasteiger partial charge in [0.2, 0.25) is 5.92 Å². The van der Waals surface area contributed by atoms with Crippen LogP contribution in [0.5, 0.6) is 5.75 Å². The lowest BCUT2D eigenvalue weighted by Crippen LogP contribution is -2.31. The van der Waals surface area contributed by atoms with E-state index >= 15 is 0 Å². The lowest BCUT2D eigenvalue weighted by molar-refractivity contribution is -0.00623. The zero-order valence-electron chi connectivity index (χ0n) is 17.3. The highest BCUT2D eigenvalue weighted by molar-refractivity contribution is 6.02. The Hall–Kier alpha value is -2.96. The first kappa shape index (κ1) is 20.0. The monoisotopic (exact) mass is 426 g/mol. The average Bonchev–Trinajstić information content (AvgIpc) is 3.08. The van der Waals surface area contributed by atoms with Crippen LogP contribution < -0.4 is 15.4 Å². The lowest BCUT2D eigenvalue weighted by Gasteiger charge is -2.16. The van der Waals surface area contributed by atoms with Crippen molar-refractivity contribution in [3.63, 3.8) is 0 Å². The van der Waals surface area contributed by atoms with E-state index in [0.29, 0.717) is 16.9 Å². The van der Waals surface area contributed by atoms with Crippen LogP contribution in [0.15, 0.2) is 42.5 Å². The maximum Gasteiger partial charge on any atom is 0.254 e. The molecule has 3 aliphatic rings. The van der Waals surface area contributed by atoms with Gasteiger partial charge in [-0.25, -0.2) is 8.78 Å². The Labute approximate surface area is 179 Å². The first-order chi connectivity index (χ1) is 14.8. The predicted molar refractivity (Wildman–Crippen MR) is 111 cm³/mol. The van der Waals surface area contributed by atoms with Crippen LogP contribution in [0.3, 0.4) is 0 Å². The van der Waals surface area contributed by atoms with E-state index < -0.39 is 5.92 Å². The SMILES string of the molecule is CNC(=O)c1cc(C(=O)N[C@H]2[C@@H]3CC(F)(F)C[C@@H]32)cc2c1OC(C)C2c1ccccc1. The van der Waals surface area contributed by atoms with Gasteiger partial charge in [-0.05, 0) is 36.5 Å². The molecule has 2 amide bonds. The van der Waals surface area contributed by atoms with Crippen molar-refractivity contribution in [3.8, 4) is 5.75 Å². The molecule has 2 saturated carbocycles. The molecule has 2 aromatic carbocycles. The van der Waals surface area contributed by atoms with Gasteiger partial charge in [0.15, 0.2) is 0 Å². The average molecular weight is 426 g/mol. The largest absolute Gasteiger partial charge is 0.489 e. The molecule has 31 heavy (non-hydrogen) atoms. The molecule has 2 N–H and O–H groups in total. The number of amides is 2. The van der Waals surface area contributed by atoms with E-state index in [1.807, 2.05) is 37.3 Å². The summed E-state index contributed by atoms with van der Waals surface area (Å²) in [4.78, 5) is 25.6. The highest BCUT2D eigenvalue weighted by Crippen LogP contribution is 2.58. The van der Waals surface area contributed by atoms with Gasteiger partial charge < -0.3 is 15.4 Å². The van der Waals surface area contributed by atoms with Gasteiger partial charge in [0.25, 0.3) is 11.8 Å². The van der Waals surface area contributed by atoms with Crippen molar-refractivity contribution in [1.82, 2.24) is 10.6 Å². The minimum absolute atomic E-state index is 0.119. The molecule has 0 bridgehead atoms. The van der Waals surface area contributed by atoms with Gasteiger partial charge in [-0.1, -0.05) is 30.3 Å². The van der Waals surface area contributed by atoms with Crippen LogP contribution in [0.2, 0.25) is 0 Å². The molecular formula is C24H24F2N2O3. The number of carbonyl (C=O) groups excluding carboxylic acids is 2. The summed E-state index contributed by atoms with van der Waals surface area (Å²) < 4.78 is 33.0. The van der Waals surface area contributed by atoms with E-state index in [1.165, 1.54) is 13.1 Å². The Balaban J connectivity index is 1.47. The molecule has 1 heterocycles. The summed E-state index contributed by atoms with van der Waals surface area (Å²) in [6.07, 6.45) is -0.542. The quantitative estimate of drug-likeness (QED) is 0.783. The summed E-state index contributed by atoms with van der Waals surface area (Å²) in [5.41, 5.74) is 2.46. The third kappa shape index (κ3) is 3.36. The Morgan fingerprint density at radius 3 is 2.39 bits per heavy atom. The Bertz CT molecular complexity index is 1040. The minimum atomic E-state index is -2.62. The molecule has 162 valence electrons. The van der Waals surface area contributed by atoms with Crippen LogP contribution in [0.4, 0.5) is 8.78 Å². The summed E-state index contributed by atoms with van der Waals surface area (Å²) in [6, 6.07) is 12.9. The van der Waals surface area contributed by atoms with E-state index in [4.69, 9.17) is 4.74 Å². The van der Waals surface area contributed by atoms with Crippen LogP contribution in [0.25, 0.3) is 0 Å². The van der Waals surface area contributed by atoms with Crippen molar-refractivity contribution in [3.05, 3.63) is 64.7 Å². The second-order valence-corrected chi connectivity index (χ2v) is 8.82. The summed E-state index contributed by atoms with van der Waals surface area (Å²) in [6.45, 7) is 1.94. The minimum Gasteiger partial charge on any atom is -0.489 e. The molecule has 0 radical (unpaired) electrons. The van der Waals surface area contributed by atoms with Crippen LogP contribution in [-0.2, 0) is 0 Å². The number of hydrogen-bond acceptors (Lipinski definition) is 3. The fraction of sp³-hybridized carbons (Fsp3) is 0.417. The molecule has 2 unspecified atom stereocenters. The van der Waals surface area contributed by atoms with Crippen molar-refractivity contribution in [2.75, 3.05) is 7.05 Å². The smallest absolute Gasteiger partial charge is 0.254 e. The Kier molecular flexibility index (Phi) is 4.53. The van der Waals surface area contributed by atoms with Gasteiger partial charge in [0.05, 0.1) is 5.56 Å². The number of fused-ring (bicyclic) bond motifs is 2. The number of hydrogen-bond donors (Lipinski definition) is 2. The summed E-state index contributed by atoms with van der Waals surface area (Å²) in [5.74, 6) is -3.25.